The van der Waals surface area contributed by atoms with Gasteiger partial charge in [-0.15, -0.1) is 11.3 Å². The van der Waals surface area contributed by atoms with Crippen molar-refractivity contribution < 1.29 is 9.13 Å². The second-order valence-corrected chi connectivity index (χ2v) is 6.01. The molecular weight excluding hydrogens is 285 g/mol. The van der Waals surface area contributed by atoms with Crippen molar-refractivity contribution in [2.24, 2.45) is 0 Å². The number of thiophene rings is 1. The van der Waals surface area contributed by atoms with E-state index in [0.29, 0.717) is 12.3 Å². The summed E-state index contributed by atoms with van der Waals surface area (Å²) in [6.45, 7) is 2.79. The van der Waals surface area contributed by atoms with Crippen molar-refractivity contribution in [1.82, 2.24) is 0 Å². The predicted molar refractivity (Wildman–Crippen MR) is 77.0 cm³/mol. The van der Waals surface area contributed by atoms with Crippen molar-refractivity contribution in [1.29, 1.82) is 0 Å². The summed E-state index contributed by atoms with van der Waals surface area (Å²) in [6, 6.07) is 7.09. The van der Waals surface area contributed by atoms with Crippen LogP contribution in [0.1, 0.15) is 22.8 Å². The van der Waals surface area contributed by atoms with E-state index in [-0.39, 0.29) is 11.1 Å². The van der Waals surface area contributed by atoms with Crippen molar-refractivity contribution in [3.63, 3.8) is 0 Å². The van der Waals surface area contributed by atoms with E-state index in [1.54, 1.807) is 17.4 Å². The molecule has 0 saturated carbocycles. The number of ether oxygens (including phenoxy) is 1. The Morgan fingerprint density at radius 1 is 1.47 bits per heavy atom. The largest absolute Gasteiger partial charge is 0.481 e. The molecule has 100 valence electrons. The molecule has 1 aliphatic rings. The second kappa shape index (κ2) is 5.02. The van der Waals surface area contributed by atoms with Gasteiger partial charge >= 0.3 is 0 Å². The molecule has 0 bridgehead atoms. The summed E-state index contributed by atoms with van der Waals surface area (Å²) in [5.41, 5.74) is 0.745. The molecule has 0 saturated heterocycles. The Balaban J connectivity index is 1.87. The summed E-state index contributed by atoms with van der Waals surface area (Å²) in [5.74, 6) is 0.0629. The lowest BCUT2D eigenvalue weighted by Crippen LogP contribution is -2.22. The van der Waals surface area contributed by atoms with Gasteiger partial charge in [0.05, 0.1) is 17.3 Å². The van der Waals surface area contributed by atoms with Crippen molar-refractivity contribution in [2.75, 3.05) is 11.9 Å². The quantitative estimate of drug-likeness (QED) is 0.871. The first kappa shape index (κ1) is 12.8. The van der Waals surface area contributed by atoms with Crippen LogP contribution in [0.3, 0.4) is 0 Å². The summed E-state index contributed by atoms with van der Waals surface area (Å²) in [4.78, 5) is 2.48. The van der Waals surface area contributed by atoms with Gasteiger partial charge in [0, 0.05) is 15.8 Å². The van der Waals surface area contributed by atoms with Crippen LogP contribution in [0.5, 0.6) is 5.75 Å². The number of hydrogen-bond acceptors (Lipinski definition) is 3. The number of hydrogen-bond donors (Lipinski definition) is 1. The number of rotatable bonds is 2. The Morgan fingerprint density at radius 2 is 2.32 bits per heavy atom. The molecule has 0 radical (unpaired) electrons. The molecule has 2 heterocycles. The van der Waals surface area contributed by atoms with Gasteiger partial charge in [-0.05, 0) is 24.6 Å². The topological polar surface area (TPSA) is 21.3 Å². The Bertz CT molecular complexity index is 613. The number of aryl methyl sites for hydroxylation is 1. The third-order valence-corrected chi connectivity index (χ3v) is 4.73. The molecule has 2 aromatic rings. The zero-order valence-corrected chi connectivity index (χ0v) is 11.9. The van der Waals surface area contributed by atoms with Crippen molar-refractivity contribution in [3.05, 3.63) is 44.9 Å². The van der Waals surface area contributed by atoms with E-state index in [2.05, 4.69) is 24.4 Å². The fraction of sp³-hybridized carbons (Fsp3) is 0.286. The highest BCUT2D eigenvalue weighted by Crippen LogP contribution is 2.38. The molecule has 1 unspecified atom stereocenters. The second-order valence-electron chi connectivity index (χ2n) is 4.41. The number of fused-ring (bicyclic) bond motifs is 1. The van der Waals surface area contributed by atoms with E-state index >= 15 is 0 Å². The minimum Gasteiger partial charge on any atom is -0.481 e. The molecule has 1 atom stereocenters. The van der Waals surface area contributed by atoms with E-state index in [1.807, 2.05) is 0 Å². The average molecular weight is 298 g/mol. The highest BCUT2D eigenvalue weighted by atomic mass is 35.5. The van der Waals surface area contributed by atoms with Crippen LogP contribution in [-0.4, -0.2) is 6.54 Å². The smallest absolute Gasteiger partial charge is 0.150 e. The standard InChI is InChI=1S/C14H13ClFNOS/c1-2-8-3-4-14(19-8)13-7-17-11-5-9(15)10(16)6-12(11)18-13/h3-6,13,17H,2,7H2,1H3. The van der Waals surface area contributed by atoms with Crippen LogP contribution in [0.25, 0.3) is 0 Å². The fourth-order valence-corrected chi connectivity index (χ4v) is 3.22. The highest BCUT2D eigenvalue weighted by Gasteiger charge is 2.23. The van der Waals surface area contributed by atoms with Crippen LogP contribution in [-0.2, 0) is 6.42 Å². The molecule has 2 nitrogen and oxygen atoms in total. The van der Waals surface area contributed by atoms with Crippen LogP contribution >= 0.6 is 22.9 Å². The summed E-state index contributed by atoms with van der Waals surface area (Å²) in [5, 5.41) is 3.35. The Labute approximate surface area is 120 Å². The lowest BCUT2D eigenvalue weighted by molar-refractivity contribution is 0.213. The third-order valence-electron chi connectivity index (χ3n) is 3.12. The minimum absolute atomic E-state index is 0.0709. The monoisotopic (exact) mass is 297 g/mol. The summed E-state index contributed by atoms with van der Waals surface area (Å²) in [6.07, 6.45) is 0.949. The number of halogens is 2. The van der Waals surface area contributed by atoms with Gasteiger partial charge in [0.2, 0.25) is 0 Å². The van der Waals surface area contributed by atoms with Crippen LogP contribution in [0.15, 0.2) is 24.3 Å². The number of benzene rings is 1. The maximum absolute atomic E-state index is 13.5. The SMILES string of the molecule is CCc1ccc(C2CNc3cc(Cl)c(F)cc3O2)s1. The van der Waals surface area contributed by atoms with Crippen LogP contribution in [0.4, 0.5) is 10.1 Å². The zero-order chi connectivity index (χ0) is 13.4. The molecule has 1 aromatic heterocycles. The zero-order valence-electron chi connectivity index (χ0n) is 10.4. The number of anilines is 1. The van der Waals surface area contributed by atoms with Crippen molar-refractivity contribution in [2.45, 2.75) is 19.4 Å². The van der Waals surface area contributed by atoms with Crippen molar-refractivity contribution in [3.8, 4) is 5.75 Å². The minimum atomic E-state index is -0.455. The first-order valence-corrected chi connectivity index (χ1v) is 7.35. The number of nitrogens with one attached hydrogen (secondary N) is 1. The van der Waals surface area contributed by atoms with Crippen LogP contribution < -0.4 is 10.1 Å². The fourth-order valence-electron chi connectivity index (χ4n) is 2.08. The molecular formula is C14H13ClFNOS. The molecule has 0 aliphatic carbocycles. The molecule has 5 heteroatoms. The first-order valence-electron chi connectivity index (χ1n) is 6.15. The van der Waals surface area contributed by atoms with Gasteiger partial charge in [-0.2, -0.15) is 0 Å². The van der Waals surface area contributed by atoms with Gasteiger partial charge < -0.3 is 10.1 Å². The Hall–Kier alpha value is -1.26. The normalized spacial score (nSPS) is 17.5. The maximum atomic E-state index is 13.5. The van der Waals surface area contributed by atoms with Gasteiger partial charge in [0.25, 0.3) is 0 Å². The molecule has 19 heavy (non-hydrogen) atoms. The molecule has 1 N–H and O–H groups in total. The van der Waals surface area contributed by atoms with Crippen LogP contribution in [0, 0.1) is 5.82 Å². The Kier molecular flexibility index (Phi) is 3.37. The van der Waals surface area contributed by atoms with Crippen molar-refractivity contribution >= 4 is 28.6 Å². The molecule has 3 rings (SSSR count). The third kappa shape index (κ3) is 2.42. The summed E-state index contributed by atoms with van der Waals surface area (Å²) >= 11 is 7.49. The molecule has 1 aliphatic heterocycles. The highest BCUT2D eigenvalue weighted by molar-refractivity contribution is 7.12. The van der Waals surface area contributed by atoms with Crippen LogP contribution in [0.2, 0.25) is 5.02 Å². The van der Waals surface area contributed by atoms with Gasteiger partial charge in [-0.1, -0.05) is 18.5 Å². The van der Waals surface area contributed by atoms with E-state index in [4.69, 9.17) is 16.3 Å². The van der Waals surface area contributed by atoms with E-state index < -0.39 is 5.82 Å². The lowest BCUT2D eigenvalue weighted by atomic mass is 10.2. The molecule has 1 aromatic carbocycles. The molecule has 0 fully saturated rings. The first-order chi connectivity index (χ1) is 9.17. The summed E-state index contributed by atoms with van der Waals surface area (Å²) < 4.78 is 19.3. The van der Waals surface area contributed by atoms with Gasteiger partial charge in [-0.3, -0.25) is 0 Å². The average Bonchev–Trinajstić information content (AvgIpc) is 2.88. The van der Waals surface area contributed by atoms with Gasteiger partial charge in [-0.25, -0.2) is 4.39 Å². The summed E-state index contributed by atoms with van der Waals surface area (Å²) in [7, 11) is 0. The van der Waals surface area contributed by atoms with Gasteiger partial charge in [0.15, 0.2) is 6.10 Å². The van der Waals surface area contributed by atoms with E-state index in [1.165, 1.54) is 10.9 Å². The van der Waals surface area contributed by atoms with E-state index in [0.717, 1.165) is 17.0 Å². The molecule has 0 amide bonds. The lowest BCUT2D eigenvalue weighted by Gasteiger charge is -2.27. The molecule has 0 spiro atoms. The van der Waals surface area contributed by atoms with Gasteiger partial charge in [0.1, 0.15) is 11.6 Å². The van der Waals surface area contributed by atoms with E-state index in [9.17, 15) is 4.39 Å². The predicted octanol–water partition coefficient (Wildman–Crippen LogP) is 4.65. The Morgan fingerprint density at radius 3 is 3.05 bits per heavy atom. The maximum Gasteiger partial charge on any atom is 0.150 e.